The number of hydrogen-bond donors (Lipinski definition) is 0. The molecule has 8 rings (SSSR count). The fourth-order valence-electron chi connectivity index (χ4n) is 14.6. The average molecular weight is 545 g/mol. The van der Waals surface area contributed by atoms with Crippen molar-refractivity contribution in [3.05, 3.63) is 0 Å². The Balaban J connectivity index is 1.02. The Morgan fingerprint density at radius 2 is 0.900 bits per heavy atom. The number of fused-ring (bicyclic) bond motifs is 10. The van der Waals surface area contributed by atoms with Crippen molar-refractivity contribution in [2.24, 2.45) is 79.2 Å². The van der Waals surface area contributed by atoms with Gasteiger partial charge in [-0.25, -0.2) is 0 Å². The lowest BCUT2D eigenvalue weighted by Crippen LogP contribution is -2.53. The average Bonchev–Trinajstić information content (AvgIpc) is 3.47. The fourth-order valence-corrected chi connectivity index (χ4v) is 14.6. The lowest BCUT2D eigenvalue weighted by atomic mass is 9.45. The van der Waals surface area contributed by atoms with Crippen LogP contribution in [0.25, 0.3) is 0 Å². The zero-order valence-electron chi connectivity index (χ0n) is 26.7. The third-order valence-corrected chi connectivity index (χ3v) is 16.9. The van der Waals surface area contributed by atoms with Gasteiger partial charge in [0.1, 0.15) is 0 Å². The zero-order valence-corrected chi connectivity index (χ0v) is 26.7. The van der Waals surface area contributed by atoms with Gasteiger partial charge < -0.3 is 0 Å². The lowest BCUT2D eigenvalue weighted by molar-refractivity contribution is -0.0938. The number of rotatable bonds is 1. The maximum Gasteiger partial charge on any atom is 0.0467 e. The van der Waals surface area contributed by atoms with Crippen LogP contribution in [0.4, 0.5) is 0 Å². The first-order chi connectivity index (χ1) is 19.3. The molecule has 0 spiro atoms. The first-order valence-corrected chi connectivity index (χ1v) is 18.4. The Bertz CT molecular complexity index is 989. The minimum atomic E-state index is 0.327. The third-order valence-electron chi connectivity index (χ3n) is 16.9. The van der Waals surface area contributed by atoms with Gasteiger partial charge in [-0.05, 0) is 161 Å². The van der Waals surface area contributed by atoms with Gasteiger partial charge in [0.2, 0.25) is 0 Å². The molecule has 0 aromatic rings. The fraction of sp³-hybridized carbons (Fsp3) is 0.947. The van der Waals surface area contributed by atoms with Crippen LogP contribution in [0.2, 0.25) is 0 Å². The second kappa shape index (κ2) is 9.42. The van der Waals surface area contributed by atoms with E-state index in [4.69, 9.17) is 10.2 Å². The summed E-state index contributed by atoms with van der Waals surface area (Å²) in [6.07, 6.45) is 29.0. The van der Waals surface area contributed by atoms with Crippen LogP contribution in [0, 0.1) is 69.0 Å². The summed E-state index contributed by atoms with van der Waals surface area (Å²) in [6.45, 7) is 10.7. The molecular formula is C38H60N2. The second-order valence-electron chi connectivity index (χ2n) is 17.9. The minimum absolute atomic E-state index is 0.327. The molecule has 0 radical (unpaired) electrons. The second-order valence-corrected chi connectivity index (χ2v) is 17.9. The predicted molar refractivity (Wildman–Crippen MR) is 168 cm³/mol. The van der Waals surface area contributed by atoms with E-state index in [1.807, 2.05) is 0 Å². The van der Waals surface area contributed by atoms with Crippen LogP contribution in [0.5, 0.6) is 0 Å². The molecule has 0 saturated heterocycles. The molecule has 8 aliphatic rings. The van der Waals surface area contributed by atoms with Crippen molar-refractivity contribution in [1.82, 2.24) is 0 Å². The Hall–Kier alpha value is -0.660. The summed E-state index contributed by atoms with van der Waals surface area (Å²) in [6, 6.07) is 0. The van der Waals surface area contributed by atoms with Crippen LogP contribution in [0.1, 0.15) is 156 Å². The first kappa shape index (κ1) is 26.9. The van der Waals surface area contributed by atoms with E-state index in [9.17, 15) is 0 Å². The molecule has 0 bridgehead atoms. The number of nitrogens with zero attached hydrogens (tertiary/aromatic N) is 2. The zero-order chi connectivity index (χ0) is 27.3. The Labute approximate surface area is 246 Å². The van der Waals surface area contributed by atoms with Crippen molar-refractivity contribution in [2.45, 2.75) is 156 Å². The molecule has 40 heavy (non-hydrogen) atoms. The molecule has 2 heteroatoms. The monoisotopic (exact) mass is 544 g/mol. The highest BCUT2D eigenvalue weighted by atomic mass is 15.2. The molecule has 222 valence electrons. The van der Waals surface area contributed by atoms with E-state index >= 15 is 0 Å². The molecule has 0 amide bonds. The normalized spacial score (nSPS) is 57.5. The van der Waals surface area contributed by atoms with Gasteiger partial charge in [0.15, 0.2) is 0 Å². The Morgan fingerprint density at radius 3 is 1.35 bits per heavy atom. The van der Waals surface area contributed by atoms with E-state index in [1.54, 1.807) is 0 Å². The van der Waals surface area contributed by atoms with Crippen molar-refractivity contribution in [3.8, 4) is 0 Å². The van der Waals surface area contributed by atoms with Gasteiger partial charge in [0.05, 0.1) is 0 Å². The molecule has 2 nitrogen and oxygen atoms in total. The summed E-state index contributed by atoms with van der Waals surface area (Å²) in [5, 5.41) is 10.6. The molecule has 0 aliphatic heterocycles. The Morgan fingerprint density at radius 1 is 0.450 bits per heavy atom. The highest BCUT2D eigenvalue weighted by molar-refractivity contribution is 5.95. The number of hydrogen-bond acceptors (Lipinski definition) is 2. The van der Waals surface area contributed by atoms with Gasteiger partial charge in [-0.2, -0.15) is 10.2 Å². The Kier molecular flexibility index (Phi) is 6.34. The van der Waals surface area contributed by atoms with Crippen molar-refractivity contribution in [3.63, 3.8) is 0 Å². The van der Waals surface area contributed by atoms with E-state index in [1.165, 1.54) is 140 Å². The predicted octanol–water partition coefficient (Wildman–Crippen LogP) is 10.6. The summed E-state index contributed by atoms with van der Waals surface area (Å²) in [4.78, 5) is 0. The summed E-state index contributed by atoms with van der Waals surface area (Å²) in [5.41, 5.74) is 4.96. The molecule has 8 fully saturated rings. The maximum atomic E-state index is 5.32. The van der Waals surface area contributed by atoms with Gasteiger partial charge >= 0.3 is 0 Å². The standard InChI is InChI=1S/C38H60N2/c1-35-21-7-5-9-25(35)11-13-27-29-15-17-33(37(29,3)23-19-31(27)35)39-40-34-18-16-30-28-14-12-26-10-6-8-22-36(26,2)32(28)20-24-38(30,34)4/h25-32H,5-24H2,1-4H3/b39-33-,40-34-/t25-,26-,27-,28+,29-,30-,31-,32-,35+,36-,37+,38+/m1/s1. The van der Waals surface area contributed by atoms with Crippen LogP contribution >= 0.6 is 0 Å². The smallest absolute Gasteiger partial charge is 0.0467 e. The molecule has 0 N–H and O–H groups in total. The van der Waals surface area contributed by atoms with Crippen molar-refractivity contribution < 1.29 is 0 Å². The molecule has 0 aromatic heterocycles. The van der Waals surface area contributed by atoms with E-state index in [2.05, 4.69) is 27.7 Å². The summed E-state index contributed by atoms with van der Waals surface area (Å²) >= 11 is 0. The largest absolute Gasteiger partial charge is 0.160 e. The quantitative estimate of drug-likeness (QED) is 0.293. The van der Waals surface area contributed by atoms with Gasteiger partial charge in [-0.1, -0.05) is 53.4 Å². The molecule has 8 saturated carbocycles. The van der Waals surface area contributed by atoms with Gasteiger partial charge in [0.25, 0.3) is 0 Å². The molecule has 0 aromatic carbocycles. The van der Waals surface area contributed by atoms with Crippen molar-refractivity contribution >= 4 is 11.4 Å². The molecule has 0 unspecified atom stereocenters. The van der Waals surface area contributed by atoms with Gasteiger partial charge in [0, 0.05) is 22.3 Å². The van der Waals surface area contributed by atoms with E-state index in [0.717, 1.165) is 47.3 Å². The van der Waals surface area contributed by atoms with Crippen LogP contribution in [0.3, 0.4) is 0 Å². The molecule has 8 aliphatic carbocycles. The van der Waals surface area contributed by atoms with Crippen LogP contribution in [-0.4, -0.2) is 11.4 Å². The minimum Gasteiger partial charge on any atom is -0.160 e. The summed E-state index contributed by atoms with van der Waals surface area (Å²) in [7, 11) is 0. The van der Waals surface area contributed by atoms with Crippen molar-refractivity contribution in [1.29, 1.82) is 0 Å². The third kappa shape index (κ3) is 3.64. The van der Waals surface area contributed by atoms with Gasteiger partial charge in [-0.15, -0.1) is 0 Å². The lowest BCUT2D eigenvalue weighted by Gasteiger charge is -2.60. The highest BCUT2D eigenvalue weighted by Crippen LogP contribution is 2.67. The highest BCUT2D eigenvalue weighted by Gasteiger charge is 2.61. The van der Waals surface area contributed by atoms with E-state index in [0.29, 0.717) is 21.7 Å². The van der Waals surface area contributed by atoms with Gasteiger partial charge in [-0.3, -0.25) is 0 Å². The first-order valence-electron chi connectivity index (χ1n) is 18.4. The molecular weight excluding hydrogens is 484 g/mol. The van der Waals surface area contributed by atoms with Crippen LogP contribution < -0.4 is 0 Å². The summed E-state index contributed by atoms with van der Waals surface area (Å²) < 4.78 is 0. The summed E-state index contributed by atoms with van der Waals surface area (Å²) in [5.74, 6) is 7.68. The molecule has 12 atom stereocenters. The molecule has 0 heterocycles. The van der Waals surface area contributed by atoms with Crippen molar-refractivity contribution in [2.75, 3.05) is 0 Å². The van der Waals surface area contributed by atoms with Crippen LogP contribution in [-0.2, 0) is 0 Å². The van der Waals surface area contributed by atoms with E-state index < -0.39 is 0 Å². The van der Waals surface area contributed by atoms with E-state index in [-0.39, 0.29) is 0 Å². The van der Waals surface area contributed by atoms with Crippen LogP contribution in [0.15, 0.2) is 10.2 Å². The SMILES string of the molecule is C[C@]12CCCC[C@@H]1CC[C@H]1[C@H]2CC[C@]2(C)/C(=N\N=C3\CC[C@@H]4[C@@H]5CC[C@H]6CCCC[C@@]6(C)[C@@H]5CC[C@]34C)CC[C@H]12. The maximum absolute atomic E-state index is 5.32. The topological polar surface area (TPSA) is 24.7 Å².